The predicted molar refractivity (Wildman–Crippen MR) is 154 cm³/mol. The average molecular weight is 574 g/mol. The molecule has 9 nitrogen and oxygen atoms in total. The number of rotatable bonds is 18. The van der Waals surface area contributed by atoms with Crippen LogP contribution >= 0.6 is 7.37 Å². The molecular weight excluding hydrogens is 533 g/mol. The van der Waals surface area contributed by atoms with Crippen molar-refractivity contribution in [2.75, 3.05) is 32.3 Å². The van der Waals surface area contributed by atoms with Crippen molar-refractivity contribution in [1.29, 1.82) is 0 Å². The zero-order chi connectivity index (χ0) is 28.8. The van der Waals surface area contributed by atoms with E-state index in [4.69, 9.17) is 14.2 Å². The van der Waals surface area contributed by atoms with E-state index in [1.807, 2.05) is 49.4 Å². The Morgan fingerprint density at radius 3 is 2.40 bits per heavy atom. The third-order valence-corrected chi connectivity index (χ3v) is 7.72. The Bertz CT molecular complexity index is 1190. The van der Waals surface area contributed by atoms with Crippen molar-refractivity contribution < 1.29 is 39.0 Å². The van der Waals surface area contributed by atoms with E-state index in [-0.39, 0.29) is 37.5 Å². The van der Waals surface area contributed by atoms with Crippen LogP contribution in [-0.4, -0.2) is 64.6 Å². The maximum absolute atomic E-state index is 12.4. The molecule has 3 aromatic carbocycles. The van der Waals surface area contributed by atoms with Crippen molar-refractivity contribution in [2.45, 2.75) is 45.1 Å². The van der Waals surface area contributed by atoms with Gasteiger partial charge < -0.3 is 39.7 Å². The smallest absolute Gasteiger partial charge is 0.236 e. The zero-order valence-electron chi connectivity index (χ0n) is 22.8. The molecule has 0 bridgehead atoms. The van der Waals surface area contributed by atoms with E-state index in [2.05, 4.69) is 5.32 Å². The Morgan fingerprint density at radius 1 is 0.950 bits per heavy atom. The fraction of sp³-hybridized carbons (Fsp3) is 0.400. The van der Waals surface area contributed by atoms with Crippen LogP contribution in [0, 0.1) is 0 Å². The zero-order valence-corrected chi connectivity index (χ0v) is 23.7. The topological polar surface area (TPSA) is 138 Å². The number of phenols is 1. The molecule has 0 fully saturated rings. The summed E-state index contributed by atoms with van der Waals surface area (Å²) >= 11 is 0. The third-order valence-electron chi connectivity index (χ3n) is 6.17. The summed E-state index contributed by atoms with van der Waals surface area (Å²) in [7, 11) is -3.42. The van der Waals surface area contributed by atoms with Gasteiger partial charge in [0.1, 0.15) is 30.0 Å². The molecule has 0 aliphatic rings. The van der Waals surface area contributed by atoms with Gasteiger partial charge in [0.25, 0.3) is 0 Å². The highest BCUT2D eigenvalue weighted by Gasteiger charge is 2.19. The predicted octanol–water partition coefficient (Wildman–Crippen LogP) is 4.06. The highest BCUT2D eigenvalue weighted by atomic mass is 31.2. The van der Waals surface area contributed by atoms with Gasteiger partial charge >= 0.3 is 0 Å². The lowest BCUT2D eigenvalue weighted by atomic mass is 10.1. The molecular formula is C30H40NO8P. The molecule has 0 saturated carbocycles. The molecule has 3 rings (SSSR count). The van der Waals surface area contributed by atoms with Crippen LogP contribution in [0.15, 0.2) is 72.8 Å². The van der Waals surface area contributed by atoms with Gasteiger partial charge in [0.05, 0.1) is 13.2 Å². The van der Waals surface area contributed by atoms with Crippen LogP contribution in [0.1, 0.15) is 30.0 Å². The number of ether oxygens (including phenoxy) is 3. The first-order valence-corrected chi connectivity index (χ1v) is 15.4. The molecule has 218 valence electrons. The van der Waals surface area contributed by atoms with Gasteiger partial charge in [-0.15, -0.1) is 0 Å². The van der Waals surface area contributed by atoms with Gasteiger partial charge in [-0.1, -0.05) is 42.5 Å². The Hall–Kier alpha value is -2.91. The number of hydrogen-bond acceptors (Lipinski definition) is 8. The van der Waals surface area contributed by atoms with Crippen molar-refractivity contribution in [1.82, 2.24) is 5.32 Å². The average Bonchev–Trinajstić information content (AvgIpc) is 2.95. The van der Waals surface area contributed by atoms with E-state index in [1.54, 1.807) is 18.2 Å². The number of benzene rings is 3. The van der Waals surface area contributed by atoms with Gasteiger partial charge in [-0.2, -0.15) is 0 Å². The summed E-state index contributed by atoms with van der Waals surface area (Å²) < 4.78 is 29.2. The van der Waals surface area contributed by atoms with Crippen molar-refractivity contribution in [3.63, 3.8) is 0 Å². The van der Waals surface area contributed by atoms with E-state index in [0.29, 0.717) is 49.7 Å². The Balaban J connectivity index is 1.30. The van der Waals surface area contributed by atoms with E-state index < -0.39 is 13.5 Å². The van der Waals surface area contributed by atoms with Crippen molar-refractivity contribution >= 4 is 7.37 Å². The maximum atomic E-state index is 12.4. The van der Waals surface area contributed by atoms with Gasteiger partial charge in [0, 0.05) is 30.9 Å². The summed E-state index contributed by atoms with van der Waals surface area (Å²) in [5.74, 6) is 0.988. The summed E-state index contributed by atoms with van der Waals surface area (Å²) in [6.07, 6.45) is 0.352. The van der Waals surface area contributed by atoms with E-state index in [0.717, 1.165) is 11.1 Å². The first kappa shape index (κ1) is 31.6. The highest BCUT2D eigenvalue weighted by molar-refractivity contribution is 7.57. The SMILES string of the molecule is CC(Cc1ccc(OCP(=O)(O)CCCOCc2ccccc2)cc1)NCC(O)COc1ccc(O)c(CO)c1. The fourth-order valence-electron chi connectivity index (χ4n) is 3.93. The van der Waals surface area contributed by atoms with Gasteiger partial charge in [-0.05, 0) is 61.2 Å². The van der Waals surface area contributed by atoms with Crippen molar-refractivity contribution in [2.24, 2.45) is 0 Å². The highest BCUT2D eigenvalue weighted by Crippen LogP contribution is 2.41. The van der Waals surface area contributed by atoms with Gasteiger partial charge in [0.2, 0.25) is 7.37 Å². The summed E-state index contributed by atoms with van der Waals surface area (Å²) in [6.45, 7) is 3.00. The molecule has 0 aliphatic carbocycles. The van der Waals surface area contributed by atoms with E-state index >= 15 is 0 Å². The molecule has 3 atom stereocenters. The van der Waals surface area contributed by atoms with Crippen molar-refractivity contribution in [3.8, 4) is 17.2 Å². The molecule has 0 radical (unpaired) electrons. The minimum Gasteiger partial charge on any atom is -0.508 e. The summed E-state index contributed by atoms with van der Waals surface area (Å²) in [5.41, 5.74) is 2.49. The second kappa shape index (κ2) is 16.4. The summed E-state index contributed by atoms with van der Waals surface area (Å²) in [6, 6.07) is 21.8. The van der Waals surface area contributed by atoms with Gasteiger partial charge in [-0.3, -0.25) is 4.57 Å². The Kier molecular flexibility index (Phi) is 12.9. The van der Waals surface area contributed by atoms with Crippen LogP contribution in [0.5, 0.6) is 17.2 Å². The fourth-order valence-corrected chi connectivity index (χ4v) is 5.04. The number of nitrogens with one attached hydrogen (secondary N) is 1. The van der Waals surface area contributed by atoms with E-state index in [1.165, 1.54) is 12.1 Å². The number of aliphatic hydroxyl groups excluding tert-OH is 2. The Labute approximate surface area is 235 Å². The van der Waals surface area contributed by atoms with Crippen LogP contribution in [0.2, 0.25) is 0 Å². The molecule has 10 heteroatoms. The Morgan fingerprint density at radius 2 is 1.68 bits per heavy atom. The molecule has 5 N–H and O–H groups in total. The molecule has 0 aliphatic heterocycles. The lowest BCUT2D eigenvalue weighted by Crippen LogP contribution is -2.37. The minimum absolute atomic E-state index is 0.00450. The van der Waals surface area contributed by atoms with Crippen LogP contribution in [0.25, 0.3) is 0 Å². The molecule has 3 aromatic rings. The normalized spacial score (nSPS) is 14.3. The van der Waals surface area contributed by atoms with Gasteiger partial charge in [-0.25, -0.2) is 0 Å². The molecule has 0 amide bonds. The first-order valence-electron chi connectivity index (χ1n) is 13.4. The lowest BCUT2D eigenvalue weighted by molar-refractivity contribution is 0.104. The monoisotopic (exact) mass is 573 g/mol. The summed E-state index contributed by atoms with van der Waals surface area (Å²) in [5, 5.41) is 32.4. The van der Waals surface area contributed by atoms with Crippen LogP contribution < -0.4 is 14.8 Å². The molecule has 3 unspecified atom stereocenters. The molecule has 0 spiro atoms. The quantitative estimate of drug-likeness (QED) is 0.113. The maximum Gasteiger partial charge on any atom is 0.236 e. The second-order valence-electron chi connectivity index (χ2n) is 9.81. The lowest BCUT2D eigenvalue weighted by Gasteiger charge is -2.18. The first-order chi connectivity index (χ1) is 19.2. The molecule has 0 heterocycles. The molecule has 0 saturated heterocycles. The summed E-state index contributed by atoms with van der Waals surface area (Å²) in [4.78, 5) is 10.2. The molecule has 40 heavy (non-hydrogen) atoms. The van der Waals surface area contributed by atoms with Crippen molar-refractivity contribution in [3.05, 3.63) is 89.5 Å². The number of aliphatic hydroxyl groups is 2. The van der Waals surface area contributed by atoms with Crippen LogP contribution in [0.4, 0.5) is 0 Å². The number of aromatic hydroxyl groups is 1. The third kappa shape index (κ3) is 11.7. The van der Waals surface area contributed by atoms with Crippen LogP contribution in [-0.2, 0) is 28.9 Å². The van der Waals surface area contributed by atoms with E-state index in [9.17, 15) is 24.8 Å². The molecule has 0 aromatic heterocycles. The standard InChI is InChI=1S/C30H40NO8P/c1-23(31-18-27(33)21-38-29-12-13-30(34)26(17-29)19-32)16-24-8-10-28(11-9-24)39-22-40(35,36)15-5-14-37-20-25-6-3-2-4-7-25/h2-4,6-13,17,23,27,31-34H,5,14-16,18-22H2,1H3,(H,35,36). The number of hydrogen-bond donors (Lipinski definition) is 5. The van der Waals surface area contributed by atoms with Gasteiger partial charge in [0.15, 0.2) is 6.35 Å². The minimum atomic E-state index is -3.42. The second-order valence-corrected chi connectivity index (χ2v) is 12.2. The van der Waals surface area contributed by atoms with Crippen LogP contribution in [0.3, 0.4) is 0 Å². The largest absolute Gasteiger partial charge is 0.508 e.